The molecule has 0 aliphatic carbocycles. The van der Waals surface area contributed by atoms with E-state index in [2.05, 4.69) is 75.9 Å². The van der Waals surface area contributed by atoms with Crippen LogP contribution in [0.2, 0.25) is 0 Å². The standard InChI is InChI=1S/C18H26N4/c1-13-15(17(2,3)4)8-14(9-16(13)18(5,6)7)10-21-22-11-19-20-12-22/h8-12H,1-7H3. The number of benzene rings is 1. The minimum Gasteiger partial charge on any atom is -0.208 e. The summed E-state index contributed by atoms with van der Waals surface area (Å²) in [4.78, 5) is 0. The molecular weight excluding hydrogens is 272 g/mol. The van der Waals surface area contributed by atoms with E-state index in [0.717, 1.165) is 5.56 Å². The Labute approximate surface area is 133 Å². The number of aromatic nitrogens is 3. The lowest BCUT2D eigenvalue weighted by Crippen LogP contribution is -2.20. The molecule has 1 aromatic carbocycles. The van der Waals surface area contributed by atoms with Crippen molar-refractivity contribution in [3.05, 3.63) is 47.0 Å². The van der Waals surface area contributed by atoms with Crippen molar-refractivity contribution in [2.24, 2.45) is 5.10 Å². The lowest BCUT2D eigenvalue weighted by atomic mass is 9.76. The first-order chi connectivity index (χ1) is 10.1. The van der Waals surface area contributed by atoms with Crippen molar-refractivity contribution in [2.45, 2.75) is 59.3 Å². The van der Waals surface area contributed by atoms with Crippen LogP contribution < -0.4 is 0 Å². The van der Waals surface area contributed by atoms with E-state index in [9.17, 15) is 0 Å². The molecule has 0 atom stereocenters. The maximum atomic E-state index is 4.38. The van der Waals surface area contributed by atoms with Gasteiger partial charge in [-0.15, -0.1) is 10.2 Å². The molecule has 4 heteroatoms. The molecular formula is C18H26N4. The van der Waals surface area contributed by atoms with E-state index in [1.165, 1.54) is 16.7 Å². The summed E-state index contributed by atoms with van der Waals surface area (Å²) in [6.07, 6.45) is 5.04. The molecule has 0 aliphatic rings. The van der Waals surface area contributed by atoms with Crippen LogP contribution in [-0.4, -0.2) is 21.1 Å². The Morgan fingerprint density at radius 3 is 1.77 bits per heavy atom. The molecule has 0 radical (unpaired) electrons. The maximum absolute atomic E-state index is 4.38. The second kappa shape index (κ2) is 5.67. The van der Waals surface area contributed by atoms with Gasteiger partial charge in [0.1, 0.15) is 12.7 Å². The molecule has 0 spiro atoms. The van der Waals surface area contributed by atoms with Gasteiger partial charge in [0.15, 0.2) is 0 Å². The average molecular weight is 298 g/mol. The van der Waals surface area contributed by atoms with Crippen molar-refractivity contribution in [1.29, 1.82) is 0 Å². The van der Waals surface area contributed by atoms with E-state index in [1.54, 1.807) is 17.3 Å². The second-order valence-corrected chi connectivity index (χ2v) is 7.83. The van der Waals surface area contributed by atoms with Gasteiger partial charge in [-0.25, -0.2) is 4.68 Å². The van der Waals surface area contributed by atoms with Crippen molar-refractivity contribution in [3.8, 4) is 0 Å². The van der Waals surface area contributed by atoms with Crippen molar-refractivity contribution in [2.75, 3.05) is 0 Å². The van der Waals surface area contributed by atoms with Gasteiger partial charge >= 0.3 is 0 Å². The largest absolute Gasteiger partial charge is 0.208 e. The molecule has 1 aromatic heterocycles. The third kappa shape index (κ3) is 3.62. The Bertz CT molecular complexity index is 633. The summed E-state index contributed by atoms with van der Waals surface area (Å²) in [5.41, 5.74) is 5.42. The predicted octanol–water partition coefficient (Wildman–Crippen LogP) is 4.06. The zero-order valence-corrected chi connectivity index (χ0v) is 14.7. The van der Waals surface area contributed by atoms with Crippen LogP contribution in [0, 0.1) is 6.92 Å². The smallest absolute Gasteiger partial charge is 0.141 e. The fraction of sp³-hybridized carbons (Fsp3) is 0.500. The molecule has 0 aliphatic heterocycles. The quantitative estimate of drug-likeness (QED) is 0.785. The summed E-state index contributed by atoms with van der Waals surface area (Å²) >= 11 is 0. The highest BCUT2D eigenvalue weighted by Gasteiger charge is 2.24. The highest BCUT2D eigenvalue weighted by molar-refractivity contribution is 5.81. The SMILES string of the molecule is Cc1c(C(C)(C)C)cc(C=Nn2cnnc2)cc1C(C)(C)C. The van der Waals surface area contributed by atoms with Crippen LogP contribution >= 0.6 is 0 Å². The predicted molar refractivity (Wildman–Crippen MR) is 91.6 cm³/mol. The van der Waals surface area contributed by atoms with Gasteiger partial charge in [-0.2, -0.15) is 5.10 Å². The topological polar surface area (TPSA) is 43.1 Å². The molecule has 0 unspecified atom stereocenters. The Morgan fingerprint density at radius 2 is 1.36 bits per heavy atom. The minimum absolute atomic E-state index is 0.102. The van der Waals surface area contributed by atoms with Gasteiger partial charge in [0.25, 0.3) is 0 Å². The zero-order valence-electron chi connectivity index (χ0n) is 14.7. The van der Waals surface area contributed by atoms with Gasteiger partial charge in [-0.3, -0.25) is 0 Å². The van der Waals surface area contributed by atoms with E-state index in [0.29, 0.717) is 0 Å². The first-order valence-corrected chi connectivity index (χ1v) is 7.63. The molecule has 0 saturated carbocycles. The van der Waals surface area contributed by atoms with Gasteiger partial charge in [0.2, 0.25) is 0 Å². The first kappa shape index (κ1) is 16.4. The molecule has 2 rings (SSSR count). The number of nitrogens with zero attached hydrogens (tertiary/aromatic N) is 4. The van der Waals surface area contributed by atoms with Gasteiger partial charge in [-0.1, -0.05) is 41.5 Å². The summed E-state index contributed by atoms with van der Waals surface area (Å²) in [5.74, 6) is 0. The molecule has 0 saturated heterocycles. The van der Waals surface area contributed by atoms with Crippen LogP contribution in [-0.2, 0) is 10.8 Å². The van der Waals surface area contributed by atoms with Gasteiger partial charge in [0.05, 0.1) is 6.21 Å². The fourth-order valence-electron chi connectivity index (χ4n) is 2.76. The fourth-order valence-corrected chi connectivity index (χ4v) is 2.76. The van der Waals surface area contributed by atoms with Crippen LogP contribution in [0.25, 0.3) is 0 Å². The van der Waals surface area contributed by atoms with E-state index in [4.69, 9.17) is 0 Å². The first-order valence-electron chi connectivity index (χ1n) is 7.63. The Kier molecular flexibility index (Phi) is 4.23. The van der Waals surface area contributed by atoms with Crippen LogP contribution in [0.15, 0.2) is 29.9 Å². The van der Waals surface area contributed by atoms with Crippen LogP contribution in [0.5, 0.6) is 0 Å². The molecule has 0 bridgehead atoms. The van der Waals surface area contributed by atoms with Crippen molar-refractivity contribution < 1.29 is 0 Å². The highest BCUT2D eigenvalue weighted by atomic mass is 15.4. The van der Waals surface area contributed by atoms with E-state index in [1.807, 2.05) is 6.21 Å². The van der Waals surface area contributed by atoms with E-state index >= 15 is 0 Å². The summed E-state index contributed by atoms with van der Waals surface area (Å²) in [6.45, 7) is 15.7. The van der Waals surface area contributed by atoms with Crippen LogP contribution in [0.1, 0.15) is 63.8 Å². The molecule has 22 heavy (non-hydrogen) atoms. The second-order valence-electron chi connectivity index (χ2n) is 7.83. The zero-order chi connectivity index (χ0) is 16.5. The van der Waals surface area contributed by atoms with Gasteiger partial charge < -0.3 is 0 Å². The molecule has 4 nitrogen and oxygen atoms in total. The third-order valence-corrected chi connectivity index (χ3v) is 3.79. The molecule has 118 valence electrons. The van der Waals surface area contributed by atoms with Crippen LogP contribution in [0.3, 0.4) is 0 Å². The number of rotatable bonds is 2. The number of hydrogen-bond donors (Lipinski definition) is 0. The monoisotopic (exact) mass is 298 g/mol. The highest BCUT2D eigenvalue weighted by Crippen LogP contribution is 2.34. The molecule has 0 fully saturated rings. The van der Waals surface area contributed by atoms with Crippen molar-refractivity contribution >= 4 is 6.21 Å². The number of hydrogen-bond acceptors (Lipinski definition) is 3. The van der Waals surface area contributed by atoms with Crippen molar-refractivity contribution in [3.63, 3.8) is 0 Å². The minimum atomic E-state index is 0.102. The summed E-state index contributed by atoms with van der Waals surface area (Å²) in [5, 5.41) is 11.9. The van der Waals surface area contributed by atoms with E-state index < -0.39 is 0 Å². The van der Waals surface area contributed by atoms with Gasteiger partial charge in [0, 0.05) is 0 Å². The van der Waals surface area contributed by atoms with Gasteiger partial charge in [-0.05, 0) is 52.1 Å². The average Bonchev–Trinajstić information content (AvgIpc) is 2.87. The van der Waals surface area contributed by atoms with E-state index in [-0.39, 0.29) is 10.8 Å². The summed E-state index contributed by atoms with van der Waals surface area (Å²) in [7, 11) is 0. The van der Waals surface area contributed by atoms with Crippen molar-refractivity contribution in [1.82, 2.24) is 14.9 Å². The molecule has 0 amide bonds. The lowest BCUT2D eigenvalue weighted by molar-refractivity contribution is 0.561. The Balaban J connectivity index is 2.55. The van der Waals surface area contributed by atoms with Crippen LogP contribution in [0.4, 0.5) is 0 Å². The molecule has 1 heterocycles. The third-order valence-electron chi connectivity index (χ3n) is 3.79. The Morgan fingerprint density at radius 1 is 0.909 bits per heavy atom. The summed E-state index contributed by atoms with van der Waals surface area (Å²) < 4.78 is 1.60. The Hall–Kier alpha value is -1.97. The summed E-state index contributed by atoms with van der Waals surface area (Å²) in [6, 6.07) is 4.47. The lowest BCUT2D eigenvalue weighted by Gasteiger charge is -2.29. The molecule has 0 N–H and O–H groups in total. The maximum Gasteiger partial charge on any atom is 0.141 e. The molecule has 2 aromatic rings. The normalized spacial score (nSPS) is 13.0.